The van der Waals surface area contributed by atoms with E-state index in [1.165, 1.54) is 0 Å². The Morgan fingerprint density at radius 2 is 2.05 bits per heavy atom. The molecule has 1 heterocycles. The van der Waals surface area contributed by atoms with Gasteiger partial charge >= 0.3 is 6.03 Å². The average Bonchev–Trinajstić information content (AvgIpc) is 2.78. The van der Waals surface area contributed by atoms with E-state index in [-0.39, 0.29) is 36.9 Å². The molecule has 0 aromatic heterocycles. The largest absolute Gasteiger partial charge is 0.329 e. The van der Waals surface area contributed by atoms with E-state index >= 15 is 0 Å². The smallest absolute Gasteiger partial charge is 0.324 e. The van der Waals surface area contributed by atoms with Crippen LogP contribution in [-0.4, -0.2) is 29.3 Å². The van der Waals surface area contributed by atoms with Crippen molar-refractivity contribution in [1.82, 2.24) is 15.6 Å². The number of hydrogen-bond donors (Lipinski definition) is 3. The molecule has 106 valence electrons. The highest BCUT2D eigenvalue weighted by Crippen LogP contribution is 2.17. The number of hydrogen-bond acceptors (Lipinski definition) is 4. The predicted octanol–water partition coefficient (Wildman–Crippen LogP) is -0.168. The number of nitrogens with one attached hydrogen (secondary N) is 2. The molecular formula is C13H16N4O3. The third kappa shape index (κ3) is 2.77. The Labute approximate surface area is 116 Å². The van der Waals surface area contributed by atoms with E-state index < -0.39 is 0 Å². The van der Waals surface area contributed by atoms with E-state index in [9.17, 15) is 14.4 Å². The Morgan fingerprint density at radius 1 is 1.40 bits per heavy atom. The normalized spacial score (nSPS) is 16.0. The first-order valence-corrected chi connectivity index (χ1v) is 6.20. The molecule has 0 bridgehead atoms. The summed E-state index contributed by atoms with van der Waals surface area (Å²) in [6.45, 7) is 2.02. The molecule has 1 atom stereocenters. The number of carbonyl (C=O) groups excluding carboxylic acids is 3. The van der Waals surface area contributed by atoms with Crippen molar-refractivity contribution in [2.45, 2.75) is 19.4 Å². The first-order chi connectivity index (χ1) is 9.52. The van der Waals surface area contributed by atoms with E-state index in [2.05, 4.69) is 10.7 Å². The van der Waals surface area contributed by atoms with Crippen LogP contribution in [0.2, 0.25) is 0 Å². The molecule has 4 amide bonds. The maximum atomic E-state index is 11.5. The van der Waals surface area contributed by atoms with Gasteiger partial charge in [0.1, 0.15) is 0 Å². The Hall–Kier alpha value is -2.41. The number of benzene rings is 1. The van der Waals surface area contributed by atoms with Gasteiger partial charge in [-0.25, -0.2) is 10.6 Å². The molecule has 0 spiro atoms. The molecule has 1 aliphatic rings. The van der Waals surface area contributed by atoms with Crippen molar-refractivity contribution < 1.29 is 14.4 Å². The van der Waals surface area contributed by atoms with Crippen molar-refractivity contribution >= 4 is 17.8 Å². The quantitative estimate of drug-likeness (QED) is 0.307. The predicted molar refractivity (Wildman–Crippen MR) is 71.1 cm³/mol. The molecule has 1 saturated heterocycles. The van der Waals surface area contributed by atoms with Gasteiger partial charge in [-0.2, -0.15) is 0 Å². The van der Waals surface area contributed by atoms with Crippen molar-refractivity contribution in [3.63, 3.8) is 0 Å². The van der Waals surface area contributed by atoms with E-state index in [0.29, 0.717) is 0 Å². The van der Waals surface area contributed by atoms with Crippen LogP contribution in [0, 0.1) is 0 Å². The maximum absolute atomic E-state index is 11.5. The Balaban J connectivity index is 2.07. The molecule has 1 unspecified atom stereocenters. The van der Waals surface area contributed by atoms with Gasteiger partial charge in [-0.15, -0.1) is 0 Å². The van der Waals surface area contributed by atoms with Gasteiger partial charge < -0.3 is 5.32 Å². The average molecular weight is 276 g/mol. The highest BCUT2D eigenvalue weighted by molar-refractivity contribution is 6.01. The molecule has 0 radical (unpaired) electrons. The second-order valence-corrected chi connectivity index (χ2v) is 4.61. The van der Waals surface area contributed by atoms with E-state index in [0.717, 1.165) is 16.0 Å². The van der Waals surface area contributed by atoms with E-state index in [4.69, 9.17) is 5.84 Å². The Morgan fingerprint density at radius 3 is 2.55 bits per heavy atom. The Bertz CT molecular complexity index is 525. The molecule has 2 rings (SSSR count). The Kier molecular flexibility index (Phi) is 3.99. The summed E-state index contributed by atoms with van der Waals surface area (Å²) in [5, 5.41) is 2.46. The summed E-state index contributed by atoms with van der Waals surface area (Å²) in [6.07, 6.45) is 0. The summed E-state index contributed by atoms with van der Waals surface area (Å²) in [5.74, 6) is 4.22. The van der Waals surface area contributed by atoms with Crippen molar-refractivity contribution in [1.29, 1.82) is 0 Å². The number of nitrogens with two attached hydrogens (primary N) is 1. The zero-order valence-electron chi connectivity index (χ0n) is 11.1. The van der Waals surface area contributed by atoms with Crippen molar-refractivity contribution in [2.24, 2.45) is 5.84 Å². The topological polar surface area (TPSA) is 105 Å². The minimum absolute atomic E-state index is 0.0463. The number of amides is 4. The minimum Gasteiger partial charge on any atom is -0.329 e. The number of imide groups is 1. The lowest BCUT2D eigenvalue weighted by Crippen LogP contribution is -2.33. The highest BCUT2D eigenvalue weighted by Gasteiger charge is 2.28. The number of nitrogens with zero attached hydrogens (tertiary/aromatic N) is 1. The number of carbonyl (C=O) groups is 3. The first-order valence-electron chi connectivity index (χ1n) is 6.20. The molecule has 4 N–H and O–H groups in total. The molecule has 1 aromatic carbocycles. The van der Waals surface area contributed by atoms with E-state index in [1.54, 1.807) is 31.2 Å². The summed E-state index contributed by atoms with van der Waals surface area (Å²) in [7, 11) is 0. The molecule has 1 aliphatic heterocycles. The van der Waals surface area contributed by atoms with Gasteiger partial charge in [0, 0.05) is 0 Å². The SMILES string of the molecule is CC(C(=O)NN)c1ccc(CN2C(=O)CNC2=O)cc1. The first kappa shape index (κ1) is 14.0. The number of hydrazine groups is 1. The molecule has 0 saturated carbocycles. The van der Waals surface area contributed by atoms with Gasteiger partial charge in [-0.05, 0) is 18.1 Å². The molecule has 20 heavy (non-hydrogen) atoms. The van der Waals surface area contributed by atoms with Crippen LogP contribution in [-0.2, 0) is 16.1 Å². The zero-order chi connectivity index (χ0) is 14.7. The van der Waals surface area contributed by atoms with Gasteiger partial charge in [0.05, 0.1) is 19.0 Å². The number of rotatable bonds is 4. The summed E-state index contributed by atoms with van der Waals surface area (Å²) >= 11 is 0. The van der Waals surface area contributed by atoms with Crippen molar-refractivity contribution in [3.8, 4) is 0 Å². The minimum atomic E-state index is -0.380. The van der Waals surface area contributed by atoms with Crippen LogP contribution >= 0.6 is 0 Å². The molecule has 1 fully saturated rings. The van der Waals surface area contributed by atoms with Crippen LogP contribution in [0.4, 0.5) is 4.79 Å². The number of urea groups is 1. The molecular weight excluding hydrogens is 260 g/mol. The third-order valence-electron chi connectivity index (χ3n) is 3.29. The lowest BCUT2D eigenvalue weighted by atomic mass is 9.99. The van der Waals surface area contributed by atoms with Crippen molar-refractivity contribution in [2.75, 3.05) is 6.54 Å². The highest BCUT2D eigenvalue weighted by atomic mass is 16.2. The summed E-state index contributed by atoms with van der Waals surface area (Å²) < 4.78 is 0. The van der Waals surface area contributed by atoms with Gasteiger partial charge in [-0.3, -0.25) is 19.9 Å². The summed E-state index contributed by atoms with van der Waals surface area (Å²) in [6, 6.07) is 6.76. The van der Waals surface area contributed by atoms with Crippen LogP contribution in [0.5, 0.6) is 0 Å². The van der Waals surface area contributed by atoms with Crippen LogP contribution in [0.15, 0.2) is 24.3 Å². The van der Waals surface area contributed by atoms with Crippen molar-refractivity contribution in [3.05, 3.63) is 35.4 Å². The van der Waals surface area contributed by atoms with Gasteiger partial charge in [-0.1, -0.05) is 24.3 Å². The van der Waals surface area contributed by atoms with Crippen LogP contribution < -0.4 is 16.6 Å². The fourth-order valence-corrected chi connectivity index (χ4v) is 1.99. The van der Waals surface area contributed by atoms with Gasteiger partial charge in [0.2, 0.25) is 11.8 Å². The molecule has 1 aromatic rings. The zero-order valence-corrected chi connectivity index (χ0v) is 11.1. The standard InChI is InChI=1S/C13H16N4O3/c1-8(12(19)16-14)10-4-2-9(3-5-10)7-17-11(18)6-15-13(17)20/h2-5,8H,6-7,14H2,1H3,(H,15,20)(H,16,19). The van der Waals surface area contributed by atoms with Gasteiger partial charge in [0.25, 0.3) is 0 Å². The lowest BCUT2D eigenvalue weighted by Gasteiger charge is -2.14. The monoisotopic (exact) mass is 276 g/mol. The molecule has 7 nitrogen and oxygen atoms in total. The summed E-state index contributed by atoms with van der Waals surface area (Å²) in [4.78, 5) is 35.5. The van der Waals surface area contributed by atoms with E-state index in [1.807, 2.05) is 0 Å². The maximum Gasteiger partial charge on any atom is 0.324 e. The van der Waals surface area contributed by atoms with Crippen LogP contribution in [0.3, 0.4) is 0 Å². The summed E-state index contributed by atoms with van der Waals surface area (Å²) in [5.41, 5.74) is 3.74. The van der Waals surface area contributed by atoms with Crippen LogP contribution in [0.1, 0.15) is 24.0 Å². The fourth-order valence-electron chi connectivity index (χ4n) is 1.99. The fraction of sp³-hybridized carbons (Fsp3) is 0.308. The molecule has 0 aliphatic carbocycles. The second-order valence-electron chi connectivity index (χ2n) is 4.61. The third-order valence-corrected chi connectivity index (χ3v) is 3.29. The molecule has 7 heteroatoms. The second kappa shape index (κ2) is 5.70. The van der Waals surface area contributed by atoms with Crippen LogP contribution in [0.25, 0.3) is 0 Å². The lowest BCUT2D eigenvalue weighted by molar-refractivity contribution is -0.125. The van der Waals surface area contributed by atoms with Gasteiger partial charge in [0.15, 0.2) is 0 Å².